The lowest BCUT2D eigenvalue weighted by molar-refractivity contribution is -0.143. The van der Waals surface area contributed by atoms with Gasteiger partial charge >= 0.3 is 0 Å². The van der Waals surface area contributed by atoms with Gasteiger partial charge in [-0.15, -0.1) is 0 Å². The predicted octanol–water partition coefficient (Wildman–Crippen LogP) is 5.90. The van der Waals surface area contributed by atoms with Gasteiger partial charge in [0.05, 0.1) is 6.61 Å². The van der Waals surface area contributed by atoms with E-state index < -0.39 is 11.7 Å². The molecule has 1 aliphatic heterocycles. The molecule has 1 heterocycles. The van der Waals surface area contributed by atoms with Gasteiger partial charge in [-0.2, -0.15) is 0 Å². The molecule has 1 aliphatic rings. The summed E-state index contributed by atoms with van der Waals surface area (Å²) in [4.78, 5) is 44.3. The highest BCUT2D eigenvalue weighted by Gasteiger charge is 2.25. The van der Waals surface area contributed by atoms with Gasteiger partial charge < -0.3 is 29.5 Å². The molecule has 5 rings (SSSR count). The number of ketones is 2. The summed E-state index contributed by atoms with van der Waals surface area (Å²) < 4.78 is 10.7. The van der Waals surface area contributed by atoms with Crippen LogP contribution in [0, 0.1) is 0 Å². The molecule has 4 aromatic rings. The van der Waals surface area contributed by atoms with Crippen LogP contribution in [0.3, 0.4) is 0 Å². The molecule has 0 aliphatic carbocycles. The number of phenols is 1. The summed E-state index contributed by atoms with van der Waals surface area (Å²) in [6.45, 7) is 4.38. The van der Waals surface area contributed by atoms with Crippen LogP contribution in [0.2, 0.25) is 0 Å². The summed E-state index contributed by atoms with van der Waals surface area (Å²) in [6.07, 6.45) is 2.58. The van der Waals surface area contributed by atoms with Crippen LogP contribution >= 0.6 is 0 Å². The van der Waals surface area contributed by atoms with Gasteiger partial charge in [0.15, 0.2) is 5.78 Å². The van der Waals surface area contributed by atoms with E-state index in [2.05, 4.69) is 34.1 Å². The minimum atomic E-state index is -0.760. The molecule has 1 fully saturated rings. The van der Waals surface area contributed by atoms with Crippen LogP contribution in [0.5, 0.6) is 11.5 Å². The number of unbranched alkanes of at least 4 members (excludes halogenated alkanes) is 1. The fraction of sp³-hybridized carbons (Fsp3) is 0.293. The minimum absolute atomic E-state index is 0.121. The van der Waals surface area contributed by atoms with Crippen molar-refractivity contribution in [1.82, 2.24) is 9.80 Å². The number of aliphatic hydroxyl groups is 1. The number of piperazine rings is 1. The standard InChI is InChI=1S/C41H45N3O7/c1-50-30-38(48)40-35(45)18-11-19-39(40)51-25-9-8-20-42-21-23-43(24-22-42)41(49)37(47)27-36(46)33-16-10-17-34(26-33)44(28-31-12-4-2-5-13-31)29-32-14-6-3-7-15-32/h2-7,10-19,26-27,45-46H,8-9,20-25,28-30H2,1H3/b36-27-. The van der Waals surface area contributed by atoms with Crippen LogP contribution < -0.4 is 9.64 Å². The second-order valence-corrected chi connectivity index (χ2v) is 12.5. The zero-order valence-corrected chi connectivity index (χ0v) is 28.9. The maximum absolute atomic E-state index is 13.1. The lowest BCUT2D eigenvalue weighted by atomic mass is 10.1. The molecule has 2 N–H and O–H groups in total. The highest BCUT2D eigenvalue weighted by atomic mass is 16.5. The van der Waals surface area contributed by atoms with E-state index in [1.807, 2.05) is 54.6 Å². The van der Waals surface area contributed by atoms with Gasteiger partial charge in [0.25, 0.3) is 5.91 Å². The average molecular weight is 692 g/mol. The molecular formula is C41H45N3O7. The Kier molecular flexibility index (Phi) is 13.4. The van der Waals surface area contributed by atoms with Gasteiger partial charge in [-0.3, -0.25) is 19.3 Å². The normalized spacial score (nSPS) is 13.5. The van der Waals surface area contributed by atoms with Crippen molar-refractivity contribution in [2.75, 3.05) is 57.9 Å². The number of hydrogen-bond donors (Lipinski definition) is 2. The number of ether oxygens (including phenoxy) is 2. The molecule has 0 bridgehead atoms. The Labute approximate surface area is 299 Å². The maximum atomic E-state index is 13.1. The number of Topliss-reactive ketones (excluding diaryl/α,β-unsaturated/α-hetero) is 1. The van der Waals surface area contributed by atoms with Crippen molar-refractivity contribution in [3.05, 3.63) is 131 Å². The van der Waals surface area contributed by atoms with Gasteiger partial charge in [0, 0.05) is 63.7 Å². The Morgan fingerprint density at radius 3 is 2.10 bits per heavy atom. The smallest absolute Gasteiger partial charge is 0.294 e. The number of methoxy groups -OCH3 is 1. The Balaban J connectivity index is 1.11. The largest absolute Gasteiger partial charge is 0.507 e. The summed E-state index contributed by atoms with van der Waals surface area (Å²) in [5.41, 5.74) is 3.74. The minimum Gasteiger partial charge on any atom is -0.507 e. The summed E-state index contributed by atoms with van der Waals surface area (Å²) in [5.74, 6) is -1.81. The lowest BCUT2D eigenvalue weighted by Gasteiger charge is -2.34. The molecule has 10 heteroatoms. The van der Waals surface area contributed by atoms with Gasteiger partial charge in [0.1, 0.15) is 29.4 Å². The first-order valence-electron chi connectivity index (χ1n) is 17.2. The van der Waals surface area contributed by atoms with Crippen LogP contribution in [0.15, 0.2) is 109 Å². The highest BCUT2D eigenvalue weighted by Crippen LogP contribution is 2.28. The van der Waals surface area contributed by atoms with Crippen LogP contribution in [-0.4, -0.2) is 90.5 Å². The van der Waals surface area contributed by atoms with E-state index in [4.69, 9.17) is 9.47 Å². The van der Waals surface area contributed by atoms with E-state index in [0.29, 0.717) is 57.2 Å². The van der Waals surface area contributed by atoms with Gasteiger partial charge in [-0.1, -0.05) is 78.9 Å². The molecule has 0 aromatic heterocycles. The number of amides is 1. The van der Waals surface area contributed by atoms with Crippen LogP contribution in [-0.2, 0) is 27.4 Å². The average Bonchev–Trinajstić information content (AvgIpc) is 3.15. The second-order valence-electron chi connectivity index (χ2n) is 12.5. The molecule has 0 atom stereocenters. The van der Waals surface area contributed by atoms with Crippen molar-refractivity contribution in [3.63, 3.8) is 0 Å². The van der Waals surface area contributed by atoms with Crippen molar-refractivity contribution < 1.29 is 34.1 Å². The van der Waals surface area contributed by atoms with Crippen LogP contribution in [0.25, 0.3) is 5.76 Å². The summed E-state index contributed by atoms with van der Waals surface area (Å²) >= 11 is 0. The first-order chi connectivity index (χ1) is 24.8. The molecular weight excluding hydrogens is 646 g/mol. The third kappa shape index (κ3) is 10.5. The number of aliphatic hydroxyl groups excluding tert-OH is 1. The van der Waals surface area contributed by atoms with Crippen LogP contribution in [0.1, 0.15) is 39.9 Å². The fourth-order valence-electron chi connectivity index (χ4n) is 6.05. The fourth-order valence-corrected chi connectivity index (χ4v) is 6.05. The Morgan fingerprint density at radius 2 is 1.45 bits per heavy atom. The Hall–Kier alpha value is -5.45. The second kappa shape index (κ2) is 18.5. The third-order valence-corrected chi connectivity index (χ3v) is 8.76. The van der Waals surface area contributed by atoms with E-state index in [9.17, 15) is 24.6 Å². The third-order valence-electron chi connectivity index (χ3n) is 8.76. The van der Waals surface area contributed by atoms with Gasteiger partial charge in [-0.05, 0) is 54.8 Å². The molecule has 266 valence electrons. The highest BCUT2D eigenvalue weighted by molar-refractivity contribution is 6.41. The zero-order valence-electron chi connectivity index (χ0n) is 28.9. The van der Waals surface area contributed by atoms with Gasteiger partial charge in [0.2, 0.25) is 5.78 Å². The maximum Gasteiger partial charge on any atom is 0.294 e. The molecule has 0 unspecified atom stereocenters. The summed E-state index contributed by atoms with van der Waals surface area (Å²) in [5, 5.41) is 21.1. The van der Waals surface area contributed by atoms with Crippen molar-refractivity contribution >= 4 is 28.9 Å². The Bertz CT molecular complexity index is 1750. The summed E-state index contributed by atoms with van der Waals surface area (Å²) in [6, 6.07) is 32.4. The zero-order chi connectivity index (χ0) is 36.0. The molecule has 1 amide bonds. The number of carbonyl (C=O) groups excluding carboxylic acids is 3. The lowest BCUT2D eigenvalue weighted by Crippen LogP contribution is -2.50. The number of hydrogen-bond acceptors (Lipinski definition) is 9. The molecule has 0 saturated carbocycles. The van der Waals surface area contributed by atoms with Gasteiger partial charge in [-0.25, -0.2) is 0 Å². The number of nitrogens with zero attached hydrogens (tertiary/aromatic N) is 3. The van der Waals surface area contributed by atoms with Crippen molar-refractivity contribution in [2.24, 2.45) is 0 Å². The number of carbonyl (C=O) groups is 3. The number of phenolic OH excluding ortho intramolecular Hbond substituents is 1. The van der Waals surface area contributed by atoms with E-state index in [0.717, 1.165) is 42.3 Å². The van der Waals surface area contributed by atoms with E-state index in [1.54, 1.807) is 18.2 Å². The topological polar surface area (TPSA) is 120 Å². The van der Waals surface area contributed by atoms with E-state index >= 15 is 0 Å². The number of rotatable bonds is 17. The SMILES string of the molecule is COCC(=O)c1c(O)cccc1OCCCCN1CCN(C(=O)C(=O)/C=C(\O)c2cccc(N(Cc3ccccc3)Cc3ccccc3)c2)CC1. The van der Waals surface area contributed by atoms with Crippen molar-refractivity contribution in [2.45, 2.75) is 25.9 Å². The van der Waals surface area contributed by atoms with Crippen LogP contribution in [0.4, 0.5) is 5.69 Å². The quantitative estimate of drug-likeness (QED) is 0.0459. The molecule has 51 heavy (non-hydrogen) atoms. The molecule has 4 aromatic carbocycles. The molecule has 0 radical (unpaired) electrons. The monoisotopic (exact) mass is 691 g/mol. The van der Waals surface area contributed by atoms with E-state index in [-0.39, 0.29) is 29.5 Å². The molecule has 0 spiro atoms. The van der Waals surface area contributed by atoms with Crippen molar-refractivity contribution in [1.29, 1.82) is 0 Å². The molecule has 10 nitrogen and oxygen atoms in total. The van der Waals surface area contributed by atoms with Crippen molar-refractivity contribution in [3.8, 4) is 11.5 Å². The van der Waals surface area contributed by atoms with E-state index in [1.165, 1.54) is 18.1 Å². The first-order valence-corrected chi connectivity index (χ1v) is 17.2. The predicted molar refractivity (Wildman–Crippen MR) is 197 cm³/mol. The number of benzene rings is 4. The molecule has 1 saturated heterocycles. The number of anilines is 1. The number of aromatic hydroxyl groups is 1. The summed E-state index contributed by atoms with van der Waals surface area (Å²) in [7, 11) is 1.42. The Morgan fingerprint density at radius 1 is 0.804 bits per heavy atom. The first kappa shape index (κ1) is 36.8.